The molecule has 1 aliphatic carbocycles. The first-order chi connectivity index (χ1) is 10.8. The SMILES string of the molecule is O=C(C=Cc1cccnc1)c1ccc2c3c(cccc13)CC2. The van der Waals surface area contributed by atoms with Crippen LogP contribution in [0.1, 0.15) is 27.0 Å². The lowest BCUT2D eigenvalue weighted by molar-refractivity contribution is 0.104. The van der Waals surface area contributed by atoms with E-state index in [2.05, 4.69) is 23.2 Å². The van der Waals surface area contributed by atoms with Crippen molar-refractivity contribution in [1.29, 1.82) is 0 Å². The van der Waals surface area contributed by atoms with Gasteiger partial charge in [-0.05, 0) is 58.5 Å². The van der Waals surface area contributed by atoms with E-state index in [1.54, 1.807) is 18.5 Å². The van der Waals surface area contributed by atoms with Crippen LogP contribution in [0.5, 0.6) is 0 Å². The molecule has 0 bridgehead atoms. The summed E-state index contributed by atoms with van der Waals surface area (Å²) < 4.78 is 0. The van der Waals surface area contributed by atoms with E-state index in [4.69, 9.17) is 0 Å². The lowest BCUT2D eigenvalue weighted by Crippen LogP contribution is -1.96. The Kier molecular flexibility index (Phi) is 3.08. The number of aryl methyl sites for hydroxylation is 2. The van der Waals surface area contributed by atoms with Gasteiger partial charge in [0.25, 0.3) is 0 Å². The number of ketones is 1. The van der Waals surface area contributed by atoms with Crippen molar-refractivity contribution in [2.75, 3.05) is 0 Å². The van der Waals surface area contributed by atoms with Crippen molar-refractivity contribution in [2.45, 2.75) is 12.8 Å². The van der Waals surface area contributed by atoms with Gasteiger partial charge in [0, 0.05) is 18.0 Å². The number of hydrogen-bond acceptors (Lipinski definition) is 2. The van der Waals surface area contributed by atoms with E-state index >= 15 is 0 Å². The fraction of sp³-hybridized carbons (Fsp3) is 0.100. The third-order valence-corrected chi connectivity index (χ3v) is 4.25. The molecule has 0 saturated heterocycles. The molecule has 0 saturated carbocycles. The first kappa shape index (κ1) is 13.0. The van der Waals surface area contributed by atoms with Crippen LogP contribution < -0.4 is 0 Å². The minimum atomic E-state index is 0.0412. The Morgan fingerprint density at radius 3 is 2.68 bits per heavy atom. The van der Waals surface area contributed by atoms with Crippen LogP contribution in [0.15, 0.2) is 60.9 Å². The number of carbonyl (C=O) groups is 1. The summed E-state index contributed by atoms with van der Waals surface area (Å²) in [5.41, 5.74) is 4.43. The number of benzene rings is 2. The van der Waals surface area contributed by atoms with Crippen LogP contribution >= 0.6 is 0 Å². The van der Waals surface area contributed by atoms with Crippen LogP contribution in [0.2, 0.25) is 0 Å². The largest absolute Gasteiger partial charge is 0.289 e. The zero-order valence-electron chi connectivity index (χ0n) is 12.1. The second-order valence-corrected chi connectivity index (χ2v) is 5.60. The average molecular weight is 285 g/mol. The van der Waals surface area contributed by atoms with Crippen LogP contribution in [-0.4, -0.2) is 10.8 Å². The smallest absolute Gasteiger partial charge is 0.186 e. The Hall–Kier alpha value is -2.74. The molecule has 0 radical (unpaired) electrons. The fourth-order valence-electron chi connectivity index (χ4n) is 3.20. The zero-order valence-corrected chi connectivity index (χ0v) is 12.1. The van der Waals surface area contributed by atoms with Crippen molar-refractivity contribution in [2.24, 2.45) is 0 Å². The van der Waals surface area contributed by atoms with Gasteiger partial charge < -0.3 is 0 Å². The molecule has 0 amide bonds. The Morgan fingerprint density at radius 1 is 1.00 bits per heavy atom. The van der Waals surface area contributed by atoms with Gasteiger partial charge in [-0.25, -0.2) is 0 Å². The minimum Gasteiger partial charge on any atom is -0.289 e. The van der Waals surface area contributed by atoms with Gasteiger partial charge in [0.05, 0.1) is 0 Å². The maximum atomic E-state index is 12.6. The van der Waals surface area contributed by atoms with Gasteiger partial charge in [-0.1, -0.05) is 36.4 Å². The molecule has 0 N–H and O–H groups in total. The molecule has 106 valence electrons. The van der Waals surface area contributed by atoms with Crippen molar-refractivity contribution in [1.82, 2.24) is 4.98 Å². The lowest BCUT2D eigenvalue weighted by Gasteiger charge is -2.06. The highest BCUT2D eigenvalue weighted by Crippen LogP contribution is 2.33. The summed E-state index contributed by atoms with van der Waals surface area (Å²) in [5.74, 6) is 0.0412. The lowest BCUT2D eigenvalue weighted by atomic mass is 9.97. The van der Waals surface area contributed by atoms with Gasteiger partial charge in [0.1, 0.15) is 0 Å². The summed E-state index contributed by atoms with van der Waals surface area (Å²) in [6, 6.07) is 14.1. The van der Waals surface area contributed by atoms with Gasteiger partial charge in [-0.2, -0.15) is 0 Å². The van der Waals surface area contributed by atoms with E-state index < -0.39 is 0 Å². The maximum absolute atomic E-state index is 12.6. The van der Waals surface area contributed by atoms with Crippen LogP contribution in [0.4, 0.5) is 0 Å². The van der Waals surface area contributed by atoms with Gasteiger partial charge in [-0.3, -0.25) is 9.78 Å². The molecule has 0 unspecified atom stereocenters. The monoisotopic (exact) mass is 285 g/mol. The molecule has 2 aromatic carbocycles. The van der Waals surface area contributed by atoms with Crippen LogP contribution in [0.3, 0.4) is 0 Å². The number of carbonyl (C=O) groups excluding carboxylic acids is 1. The Bertz CT molecular complexity index is 884. The Balaban J connectivity index is 1.76. The van der Waals surface area contributed by atoms with Crippen molar-refractivity contribution < 1.29 is 4.79 Å². The molecule has 0 atom stereocenters. The minimum absolute atomic E-state index is 0.0412. The average Bonchev–Trinajstić information content (AvgIpc) is 2.99. The fourth-order valence-corrected chi connectivity index (χ4v) is 3.20. The van der Waals surface area contributed by atoms with E-state index in [0.717, 1.165) is 29.4 Å². The van der Waals surface area contributed by atoms with E-state index in [1.165, 1.54) is 16.5 Å². The number of allylic oxidation sites excluding steroid dienone is 1. The molecule has 0 spiro atoms. The second-order valence-electron chi connectivity index (χ2n) is 5.60. The van der Waals surface area contributed by atoms with Crippen molar-refractivity contribution in [3.05, 3.63) is 83.2 Å². The molecule has 4 rings (SSSR count). The molecule has 2 heteroatoms. The molecular weight excluding hydrogens is 270 g/mol. The van der Waals surface area contributed by atoms with E-state index in [9.17, 15) is 4.79 Å². The van der Waals surface area contributed by atoms with E-state index in [0.29, 0.717) is 0 Å². The first-order valence-electron chi connectivity index (χ1n) is 7.49. The highest BCUT2D eigenvalue weighted by atomic mass is 16.1. The topological polar surface area (TPSA) is 30.0 Å². The van der Waals surface area contributed by atoms with Gasteiger partial charge >= 0.3 is 0 Å². The summed E-state index contributed by atoms with van der Waals surface area (Å²) in [5, 5.41) is 2.36. The molecule has 1 heterocycles. The standard InChI is InChI=1S/C20H15NO/c22-19(11-6-14-3-2-12-21-13-14)17-10-9-16-8-7-15-4-1-5-18(17)20(15)16/h1-6,9-13H,7-8H2. The molecule has 22 heavy (non-hydrogen) atoms. The van der Waals surface area contributed by atoms with Gasteiger partial charge in [0.2, 0.25) is 0 Å². The number of pyridine rings is 1. The third-order valence-electron chi connectivity index (χ3n) is 4.25. The number of hydrogen-bond donors (Lipinski definition) is 0. The Labute approximate surface area is 129 Å². The Morgan fingerprint density at radius 2 is 1.86 bits per heavy atom. The van der Waals surface area contributed by atoms with E-state index in [-0.39, 0.29) is 5.78 Å². The van der Waals surface area contributed by atoms with Gasteiger partial charge in [0.15, 0.2) is 5.78 Å². The summed E-state index contributed by atoms with van der Waals surface area (Å²) in [7, 11) is 0. The van der Waals surface area contributed by atoms with Gasteiger partial charge in [-0.15, -0.1) is 0 Å². The van der Waals surface area contributed by atoms with Crippen LogP contribution in [0.25, 0.3) is 16.8 Å². The second kappa shape index (κ2) is 5.23. The van der Waals surface area contributed by atoms with Crippen LogP contribution in [-0.2, 0) is 12.8 Å². The highest BCUT2D eigenvalue weighted by molar-refractivity contribution is 6.15. The third kappa shape index (κ3) is 2.13. The van der Waals surface area contributed by atoms with Crippen molar-refractivity contribution in [3.63, 3.8) is 0 Å². The quantitative estimate of drug-likeness (QED) is 0.532. The molecule has 3 aromatic rings. The van der Waals surface area contributed by atoms with Crippen molar-refractivity contribution in [3.8, 4) is 0 Å². The summed E-state index contributed by atoms with van der Waals surface area (Å²) >= 11 is 0. The predicted molar refractivity (Wildman–Crippen MR) is 89.0 cm³/mol. The summed E-state index contributed by atoms with van der Waals surface area (Å²) in [6.45, 7) is 0. The number of aromatic nitrogens is 1. The zero-order chi connectivity index (χ0) is 14.9. The van der Waals surface area contributed by atoms with Crippen LogP contribution in [0, 0.1) is 0 Å². The molecule has 0 aliphatic heterocycles. The molecule has 1 aromatic heterocycles. The normalized spacial score (nSPS) is 13.1. The van der Waals surface area contributed by atoms with E-state index in [1.807, 2.05) is 30.3 Å². The summed E-state index contributed by atoms with van der Waals surface area (Å²) in [4.78, 5) is 16.6. The summed E-state index contributed by atoms with van der Waals surface area (Å²) in [6.07, 6.45) is 9.08. The highest BCUT2D eigenvalue weighted by Gasteiger charge is 2.17. The molecule has 2 nitrogen and oxygen atoms in total. The molecular formula is C20H15NO. The molecule has 1 aliphatic rings. The number of rotatable bonds is 3. The number of nitrogens with zero attached hydrogens (tertiary/aromatic N) is 1. The molecule has 0 fully saturated rings. The predicted octanol–water partition coefficient (Wildman–Crippen LogP) is 4.23. The van der Waals surface area contributed by atoms with Crippen molar-refractivity contribution >= 4 is 22.6 Å². The maximum Gasteiger partial charge on any atom is 0.186 e. The first-order valence-corrected chi connectivity index (χ1v) is 7.49.